The summed E-state index contributed by atoms with van der Waals surface area (Å²) in [4.78, 5) is 28.7. The number of anilines is 1. The van der Waals surface area contributed by atoms with E-state index in [1.807, 2.05) is 63.2 Å². The third-order valence-electron chi connectivity index (χ3n) is 7.39. The van der Waals surface area contributed by atoms with Crippen LogP contribution in [-0.4, -0.2) is 50.3 Å². The van der Waals surface area contributed by atoms with Crippen molar-refractivity contribution in [3.63, 3.8) is 0 Å². The van der Waals surface area contributed by atoms with Crippen molar-refractivity contribution in [3.05, 3.63) is 95.6 Å². The average molecular weight is 578 g/mol. The Morgan fingerprint density at radius 2 is 1.46 bits per heavy atom. The lowest BCUT2D eigenvalue weighted by Gasteiger charge is -2.32. The van der Waals surface area contributed by atoms with Gasteiger partial charge in [-0.05, 0) is 74.9 Å². The Morgan fingerprint density at radius 3 is 2.02 bits per heavy atom. The largest absolute Gasteiger partial charge is 0.352 e. The maximum absolute atomic E-state index is 14.0. The van der Waals surface area contributed by atoms with E-state index in [0.717, 1.165) is 27.4 Å². The molecule has 0 fully saturated rings. The molecule has 0 saturated heterocycles. The minimum atomic E-state index is -4.08. The van der Waals surface area contributed by atoms with Gasteiger partial charge in [0.25, 0.3) is 10.0 Å². The van der Waals surface area contributed by atoms with Crippen LogP contribution in [0.2, 0.25) is 0 Å². The van der Waals surface area contributed by atoms with E-state index in [9.17, 15) is 18.0 Å². The first-order valence-corrected chi connectivity index (χ1v) is 15.7. The lowest BCUT2D eigenvalue weighted by Crippen LogP contribution is -2.53. The molecule has 1 N–H and O–H groups in total. The van der Waals surface area contributed by atoms with Crippen LogP contribution in [0, 0.1) is 6.92 Å². The molecule has 0 aliphatic rings. The number of hydrogen-bond donors (Lipinski definition) is 1. The van der Waals surface area contributed by atoms with E-state index in [0.29, 0.717) is 12.1 Å². The van der Waals surface area contributed by atoms with Crippen LogP contribution in [0.25, 0.3) is 0 Å². The van der Waals surface area contributed by atoms with Crippen LogP contribution in [0.15, 0.2) is 83.8 Å². The van der Waals surface area contributed by atoms with Crippen molar-refractivity contribution < 1.29 is 18.0 Å². The normalized spacial score (nSPS) is 13.0. The van der Waals surface area contributed by atoms with Gasteiger partial charge in [-0.1, -0.05) is 80.9 Å². The summed E-state index contributed by atoms with van der Waals surface area (Å²) in [6, 6.07) is 22.7. The van der Waals surface area contributed by atoms with Crippen LogP contribution in [0.5, 0.6) is 0 Å². The lowest BCUT2D eigenvalue weighted by atomic mass is 10.0. The number of nitrogens with zero attached hydrogens (tertiary/aromatic N) is 2. The monoisotopic (exact) mass is 577 g/mol. The zero-order valence-electron chi connectivity index (χ0n) is 25.0. The smallest absolute Gasteiger partial charge is 0.264 e. The summed E-state index contributed by atoms with van der Waals surface area (Å²) < 4.78 is 29.1. The number of rotatable bonds is 13. The number of carbonyl (C=O) groups is 2. The molecule has 0 bridgehead atoms. The molecule has 0 heterocycles. The second-order valence-electron chi connectivity index (χ2n) is 10.9. The van der Waals surface area contributed by atoms with Gasteiger partial charge in [0.15, 0.2) is 0 Å². The number of carbonyl (C=O) groups excluding carboxylic acids is 2. The van der Waals surface area contributed by atoms with Crippen LogP contribution in [0.3, 0.4) is 0 Å². The summed E-state index contributed by atoms with van der Waals surface area (Å²) in [6.07, 6.45) is 1.28. The minimum Gasteiger partial charge on any atom is -0.352 e. The van der Waals surface area contributed by atoms with E-state index < -0.39 is 28.5 Å². The molecule has 0 spiro atoms. The van der Waals surface area contributed by atoms with Crippen molar-refractivity contribution in [1.29, 1.82) is 0 Å². The van der Waals surface area contributed by atoms with Crippen molar-refractivity contribution >= 4 is 27.5 Å². The van der Waals surface area contributed by atoms with Crippen LogP contribution in [0.1, 0.15) is 63.6 Å². The first-order chi connectivity index (χ1) is 19.4. The molecule has 0 aromatic heterocycles. The molecule has 0 saturated carbocycles. The zero-order chi connectivity index (χ0) is 30.2. The van der Waals surface area contributed by atoms with Gasteiger partial charge in [-0.15, -0.1) is 0 Å². The molecule has 8 heteroatoms. The maximum Gasteiger partial charge on any atom is 0.264 e. The first-order valence-electron chi connectivity index (χ1n) is 14.3. The van der Waals surface area contributed by atoms with Gasteiger partial charge >= 0.3 is 0 Å². The average Bonchev–Trinajstić information content (AvgIpc) is 2.96. The summed E-state index contributed by atoms with van der Waals surface area (Å²) >= 11 is 0. The quantitative estimate of drug-likeness (QED) is 0.283. The molecule has 0 radical (unpaired) electrons. The first kappa shape index (κ1) is 31.9. The summed E-state index contributed by atoms with van der Waals surface area (Å²) in [5.74, 6) is -0.447. The van der Waals surface area contributed by atoms with E-state index >= 15 is 0 Å². The van der Waals surface area contributed by atoms with E-state index in [1.54, 1.807) is 43.3 Å². The highest BCUT2D eigenvalue weighted by molar-refractivity contribution is 7.92. The third-order valence-corrected chi connectivity index (χ3v) is 9.18. The van der Waals surface area contributed by atoms with Gasteiger partial charge in [0.1, 0.15) is 12.6 Å². The lowest BCUT2D eigenvalue weighted by molar-refractivity contribution is -0.139. The van der Waals surface area contributed by atoms with Gasteiger partial charge in [0.2, 0.25) is 11.8 Å². The number of amides is 2. The third kappa shape index (κ3) is 8.43. The molecule has 2 amide bonds. The molecule has 0 aliphatic heterocycles. The van der Waals surface area contributed by atoms with Gasteiger partial charge in [0.05, 0.1) is 10.6 Å². The van der Waals surface area contributed by atoms with Crippen LogP contribution in [-0.2, 0) is 26.0 Å². The van der Waals surface area contributed by atoms with Gasteiger partial charge < -0.3 is 10.2 Å². The van der Waals surface area contributed by atoms with Crippen LogP contribution >= 0.6 is 0 Å². The van der Waals surface area contributed by atoms with Crippen LogP contribution < -0.4 is 9.62 Å². The van der Waals surface area contributed by atoms with Crippen molar-refractivity contribution in [2.24, 2.45) is 0 Å². The van der Waals surface area contributed by atoms with Crippen molar-refractivity contribution in [1.82, 2.24) is 10.2 Å². The fourth-order valence-electron chi connectivity index (χ4n) is 4.43. The van der Waals surface area contributed by atoms with Crippen molar-refractivity contribution in [3.8, 4) is 0 Å². The number of aryl methyl sites for hydroxylation is 1. The zero-order valence-corrected chi connectivity index (χ0v) is 25.8. The van der Waals surface area contributed by atoms with E-state index in [1.165, 1.54) is 4.90 Å². The molecule has 0 unspecified atom stereocenters. The van der Waals surface area contributed by atoms with Crippen molar-refractivity contribution in [2.45, 2.75) is 77.3 Å². The fourth-order valence-corrected chi connectivity index (χ4v) is 5.84. The Hall–Kier alpha value is -3.65. The topological polar surface area (TPSA) is 86.8 Å². The summed E-state index contributed by atoms with van der Waals surface area (Å²) in [5.41, 5.74) is 3.41. The molecule has 220 valence electrons. The SMILES string of the molecule is CC[C@H](C)NC(=O)[C@H](C)N(CCc1ccccc1)C(=O)CN(c1ccc(C(C)C)cc1)S(=O)(=O)c1ccc(C)cc1. The van der Waals surface area contributed by atoms with Gasteiger partial charge in [-0.3, -0.25) is 13.9 Å². The van der Waals surface area contributed by atoms with E-state index in [4.69, 9.17) is 0 Å². The molecule has 3 aromatic rings. The molecular weight excluding hydrogens is 534 g/mol. The fraction of sp³-hybridized carbons (Fsp3) is 0.394. The molecule has 3 aromatic carbocycles. The predicted octanol–water partition coefficient (Wildman–Crippen LogP) is 5.69. The Labute approximate surface area is 245 Å². The van der Waals surface area contributed by atoms with Crippen LogP contribution in [0.4, 0.5) is 5.69 Å². The Bertz CT molecular complexity index is 1390. The highest BCUT2D eigenvalue weighted by Crippen LogP contribution is 2.26. The maximum atomic E-state index is 14.0. The molecule has 3 rings (SSSR count). The van der Waals surface area contributed by atoms with E-state index in [2.05, 4.69) is 19.2 Å². The standard InChI is InChI=1S/C33H43N3O4S/c1-7-26(5)34-33(38)27(6)35(22-21-28-11-9-8-10-12-28)32(37)23-36(30-17-15-29(16-18-30)24(2)3)41(39,40)31-19-13-25(4)14-20-31/h8-20,24,26-27H,7,21-23H2,1-6H3,(H,34,38)/t26-,27-/m0/s1. The molecule has 7 nitrogen and oxygen atoms in total. The summed E-state index contributed by atoms with van der Waals surface area (Å²) in [5, 5.41) is 2.96. The highest BCUT2D eigenvalue weighted by atomic mass is 32.2. The Morgan fingerprint density at radius 1 is 0.854 bits per heavy atom. The predicted molar refractivity (Wildman–Crippen MR) is 165 cm³/mol. The number of hydrogen-bond acceptors (Lipinski definition) is 4. The number of nitrogens with one attached hydrogen (secondary N) is 1. The summed E-state index contributed by atoms with van der Waals surface area (Å²) in [6.45, 7) is 11.4. The molecule has 41 heavy (non-hydrogen) atoms. The molecular formula is C33H43N3O4S. The molecule has 0 aliphatic carbocycles. The Kier molecular flexibility index (Phi) is 11.1. The minimum absolute atomic E-state index is 0.0473. The summed E-state index contributed by atoms with van der Waals surface area (Å²) in [7, 11) is -4.08. The van der Waals surface area contributed by atoms with Gasteiger partial charge in [-0.2, -0.15) is 0 Å². The second kappa shape index (κ2) is 14.3. The Balaban J connectivity index is 1.99. The van der Waals surface area contributed by atoms with Gasteiger partial charge in [-0.25, -0.2) is 8.42 Å². The number of benzene rings is 3. The number of sulfonamides is 1. The van der Waals surface area contributed by atoms with Gasteiger partial charge in [0, 0.05) is 12.6 Å². The highest BCUT2D eigenvalue weighted by Gasteiger charge is 2.32. The van der Waals surface area contributed by atoms with E-state index in [-0.39, 0.29) is 29.3 Å². The second-order valence-corrected chi connectivity index (χ2v) is 12.7. The van der Waals surface area contributed by atoms with Crippen molar-refractivity contribution in [2.75, 3.05) is 17.4 Å². The molecule has 2 atom stereocenters.